The van der Waals surface area contributed by atoms with Crippen molar-refractivity contribution >= 4 is 5.91 Å². The number of hydrogen-bond donors (Lipinski definition) is 3. The minimum absolute atomic E-state index is 0.0782. The predicted molar refractivity (Wildman–Crippen MR) is 124 cm³/mol. The molecule has 3 rings (SSSR count). The lowest BCUT2D eigenvalue weighted by Gasteiger charge is -2.39. The SMILES string of the molecule is CC(C)[C@@H](CN1CCC(c2cccc(O)c2)[C@@H](C)C1)NC(=O)CCc1ccc(O)cc1. The number of nitrogens with zero attached hydrogens (tertiary/aromatic N) is 1. The highest BCUT2D eigenvalue weighted by atomic mass is 16.3. The van der Waals surface area contributed by atoms with E-state index in [2.05, 4.69) is 37.1 Å². The van der Waals surface area contributed by atoms with E-state index in [0.29, 0.717) is 36.3 Å². The van der Waals surface area contributed by atoms with E-state index >= 15 is 0 Å². The van der Waals surface area contributed by atoms with Crippen molar-refractivity contribution in [1.82, 2.24) is 10.2 Å². The van der Waals surface area contributed by atoms with E-state index in [-0.39, 0.29) is 17.7 Å². The van der Waals surface area contributed by atoms with Gasteiger partial charge >= 0.3 is 0 Å². The van der Waals surface area contributed by atoms with Crippen molar-refractivity contribution in [3.05, 3.63) is 59.7 Å². The first-order valence-corrected chi connectivity index (χ1v) is 11.4. The summed E-state index contributed by atoms with van der Waals surface area (Å²) < 4.78 is 0. The molecule has 0 aliphatic carbocycles. The Bertz CT molecular complexity index is 850. The molecule has 5 heteroatoms. The Labute approximate surface area is 186 Å². The summed E-state index contributed by atoms with van der Waals surface area (Å²) in [7, 11) is 0. The van der Waals surface area contributed by atoms with Crippen LogP contribution < -0.4 is 5.32 Å². The number of aromatic hydroxyl groups is 2. The van der Waals surface area contributed by atoms with Crippen molar-refractivity contribution in [3.8, 4) is 11.5 Å². The van der Waals surface area contributed by atoms with E-state index in [1.165, 1.54) is 5.56 Å². The van der Waals surface area contributed by atoms with E-state index < -0.39 is 0 Å². The number of piperidine rings is 1. The van der Waals surface area contributed by atoms with E-state index in [0.717, 1.165) is 31.6 Å². The zero-order chi connectivity index (χ0) is 22.4. The van der Waals surface area contributed by atoms with Gasteiger partial charge in [0, 0.05) is 25.6 Å². The van der Waals surface area contributed by atoms with Crippen LogP contribution in [0.1, 0.15) is 50.7 Å². The molecule has 1 aliphatic rings. The molecule has 2 aromatic rings. The highest BCUT2D eigenvalue weighted by molar-refractivity contribution is 5.76. The van der Waals surface area contributed by atoms with Crippen molar-refractivity contribution in [2.75, 3.05) is 19.6 Å². The van der Waals surface area contributed by atoms with Gasteiger partial charge in [-0.3, -0.25) is 4.79 Å². The van der Waals surface area contributed by atoms with Gasteiger partial charge in [-0.1, -0.05) is 45.0 Å². The van der Waals surface area contributed by atoms with E-state index in [9.17, 15) is 15.0 Å². The van der Waals surface area contributed by atoms with Crippen LogP contribution in [0.15, 0.2) is 48.5 Å². The molecule has 3 N–H and O–H groups in total. The predicted octanol–water partition coefficient (Wildman–Crippen LogP) is 4.30. The first-order valence-electron chi connectivity index (χ1n) is 11.4. The number of carbonyl (C=O) groups is 1. The fourth-order valence-electron chi connectivity index (χ4n) is 4.55. The van der Waals surface area contributed by atoms with Gasteiger partial charge in [-0.25, -0.2) is 0 Å². The molecule has 1 unspecified atom stereocenters. The number of aryl methyl sites for hydroxylation is 1. The van der Waals surface area contributed by atoms with Crippen molar-refractivity contribution in [2.24, 2.45) is 11.8 Å². The Morgan fingerprint density at radius 1 is 1.13 bits per heavy atom. The lowest BCUT2D eigenvalue weighted by atomic mass is 9.81. The number of phenolic OH excluding ortho intramolecular Hbond substituents is 2. The van der Waals surface area contributed by atoms with E-state index in [1.54, 1.807) is 18.2 Å². The topological polar surface area (TPSA) is 72.8 Å². The molecule has 5 nitrogen and oxygen atoms in total. The largest absolute Gasteiger partial charge is 0.508 e. The summed E-state index contributed by atoms with van der Waals surface area (Å²) in [6, 6.07) is 14.8. The average Bonchev–Trinajstić information content (AvgIpc) is 2.73. The first kappa shape index (κ1) is 23.1. The number of rotatable bonds is 8. The van der Waals surface area contributed by atoms with Crippen LogP contribution in [0.4, 0.5) is 0 Å². The van der Waals surface area contributed by atoms with Crippen LogP contribution in [0.5, 0.6) is 11.5 Å². The van der Waals surface area contributed by atoms with Gasteiger partial charge in [0.05, 0.1) is 0 Å². The summed E-state index contributed by atoms with van der Waals surface area (Å²) in [4.78, 5) is 15.0. The molecule has 1 saturated heterocycles. The quantitative estimate of drug-likeness (QED) is 0.591. The third-order valence-electron chi connectivity index (χ3n) is 6.47. The number of nitrogens with one attached hydrogen (secondary N) is 1. The number of phenols is 2. The van der Waals surface area contributed by atoms with Crippen molar-refractivity contribution < 1.29 is 15.0 Å². The van der Waals surface area contributed by atoms with Gasteiger partial charge in [0.2, 0.25) is 5.91 Å². The zero-order valence-corrected chi connectivity index (χ0v) is 18.9. The molecule has 0 aromatic heterocycles. The average molecular weight is 425 g/mol. The van der Waals surface area contributed by atoms with Crippen LogP contribution in [0.25, 0.3) is 0 Å². The molecule has 1 amide bonds. The van der Waals surface area contributed by atoms with Gasteiger partial charge in [0.15, 0.2) is 0 Å². The monoisotopic (exact) mass is 424 g/mol. The zero-order valence-electron chi connectivity index (χ0n) is 18.9. The molecule has 3 atom stereocenters. The fraction of sp³-hybridized carbons (Fsp3) is 0.500. The Morgan fingerprint density at radius 3 is 2.52 bits per heavy atom. The van der Waals surface area contributed by atoms with Crippen LogP contribution in [0.2, 0.25) is 0 Å². The smallest absolute Gasteiger partial charge is 0.220 e. The molecule has 0 radical (unpaired) electrons. The molecular formula is C26H36N2O3. The Kier molecular flexibility index (Phi) is 7.97. The number of benzene rings is 2. The van der Waals surface area contributed by atoms with Crippen molar-refractivity contribution in [3.63, 3.8) is 0 Å². The van der Waals surface area contributed by atoms with Gasteiger partial charge in [0.25, 0.3) is 0 Å². The third-order valence-corrected chi connectivity index (χ3v) is 6.47. The van der Waals surface area contributed by atoms with Gasteiger partial charge in [-0.2, -0.15) is 0 Å². The summed E-state index contributed by atoms with van der Waals surface area (Å²) in [6.07, 6.45) is 2.18. The summed E-state index contributed by atoms with van der Waals surface area (Å²) >= 11 is 0. The third kappa shape index (κ3) is 6.73. The van der Waals surface area contributed by atoms with Crippen LogP contribution in [-0.4, -0.2) is 46.7 Å². The van der Waals surface area contributed by atoms with Gasteiger partial charge in [0.1, 0.15) is 11.5 Å². The molecular weight excluding hydrogens is 388 g/mol. The highest BCUT2D eigenvalue weighted by Gasteiger charge is 2.29. The van der Waals surface area contributed by atoms with Crippen LogP contribution >= 0.6 is 0 Å². The number of amides is 1. The molecule has 31 heavy (non-hydrogen) atoms. The van der Waals surface area contributed by atoms with Gasteiger partial charge < -0.3 is 20.4 Å². The summed E-state index contributed by atoms with van der Waals surface area (Å²) in [5.74, 6) is 1.97. The molecule has 0 spiro atoms. The van der Waals surface area contributed by atoms with Crippen LogP contribution in [0.3, 0.4) is 0 Å². The summed E-state index contributed by atoms with van der Waals surface area (Å²) in [5.41, 5.74) is 2.27. The minimum Gasteiger partial charge on any atom is -0.508 e. The number of likely N-dealkylation sites (tertiary alicyclic amines) is 1. The maximum atomic E-state index is 12.6. The maximum absolute atomic E-state index is 12.6. The highest BCUT2D eigenvalue weighted by Crippen LogP contribution is 2.34. The van der Waals surface area contributed by atoms with Crippen LogP contribution in [-0.2, 0) is 11.2 Å². The van der Waals surface area contributed by atoms with Gasteiger partial charge in [-0.15, -0.1) is 0 Å². The molecule has 2 aromatic carbocycles. The standard InChI is InChI=1S/C26H36N2O3/c1-18(2)25(27-26(31)12-9-20-7-10-22(29)11-8-20)17-28-14-13-24(19(3)16-28)21-5-4-6-23(30)15-21/h4-8,10-11,15,18-19,24-25,29-30H,9,12-14,16-17H2,1-3H3,(H,27,31)/t19-,24?,25+/m0/s1. The van der Waals surface area contributed by atoms with Gasteiger partial charge in [-0.05, 0) is 72.5 Å². The molecule has 0 bridgehead atoms. The summed E-state index contributed by atoms with van der Waals surface area (Å²) in [6.45, 7) is 9.45. The molecule has 1 fully saturated rings. The van der Waals surface area contributed by atoms with Crippen LogP contribution in [0, 0.1) is 11.8 Å². The maximum Gasteiger partial charge on any atom is 0.220 e. The van der Waals surface area contributed by atoms with E-state index in [1.807, 2.05) is 24.3 Å². The van der Waals surface area contributed by atoms with E-state index in [4.69, 9.17) is 0 Å². The lowest BCUT2D eigenvalue weighted by Crippen LogP contribution is -2.49. The van der Waals surface area contributed by atoms with Crippen molar-refractivity contribution in [2.45, 2.75) is 52.0 Å². The molecule has 1 heterocycles. The normalized spacial score (nSPS) is 20.5. The molecule has 168 valence electrons. The second-order valence-electron chi connectivity index (χ2n) is 9.31. The Morgan fingerprint density at radius 2 is 1.87 bits per heavy atom. The second kappa shape index (κ2) is 10.7. The Balaban J connectivity index is 1.50. The minimum atomic E-state index is 0.0782. The summed E-state index contributed by atoms with van der Waals surface area (Å²) in [5, 5.41) is 22.4. The second-order valence-corrected chi connectivity index (χ2v) is 9.31. The molecule has 0 saturated carbocycles. The number of carbonyl (C=O) groups excluding carboxylic acids is 1. The molecule has 1 aliphatic heterocycles. The lowest BCUT2D eigenvalue weighted by molar-refractivity contribution is -0.122. The fourth-order valence-corrected chi connectivity index (χ4v) is 4.55. The Hall–Kier alpha value is -2.53. The van der Waals surface area contributed by atoms with Crippen molar-refractivity contribution in [1.29, 1.82) is 0 Å². The first-order chi connectivity index (χ1) is 14.8. The number of hydrogen-bond acceptors (Lipinski definition) is 4.